The van der Waals surface area contributed by atoms with Gasteiger partial charge in [0.2, 0.25) is 10.0 Å². The van der Waals surface area contributed by atoms with Crippen LogP contribution in [0.4, 0.5) is 0 Å². The predicted octanol–water partition coefficient (Wildman–Crippen LogP) is 2.55. The van der Waals surface area contributed by atoms with Gasteiger partial charge in [-0.1, -0.05) is 15.9 Å². The summed E-state index contributed by atoms with van der Waals surface area (Å²) in [4.78, 5) is 0.377. The number of rotatable bonds is 3. The summed E-state index contributed by atoms with van der Waals surface area (Å²) in [6, 6.07) is 5.74. The fraction of sp³-hybridized carbons (Fsp3) is 0.538. The number of nitrogens with zero attached hydrogens (tertiary/aromatic N) is 1. The highest BCUT2D eigenvalue weighted by molar-refractivity contribution is 9.10. The molecule has 0 unspecified atom stereocenters. The Hall–Kier alpha value is -0.140. The van der Waals surface area contributed by atoms with Gasteiger partial charge in [0.1, 0.15) is 0 Å². The third-order valence-electron chi connectivity index (χ3n) is 3.52. The summed E-state index contributed by atoms with van der Waals surface area (Å²) in [6.07, 6.45) is 1.73. The molecule has 0 aliphatic carbocycles. The van der Waals surface area contributed by atoms with Crippen molar-refractivity contribution in [1.29, 1.82) is 0 Å². The number of benzene rings is 1. The Bertz CT molecular complexity index is 537. The first-order valence-corrected chi connectivity index (χ1v) is 8.61. The van der Waals surface area contributed by atoms with E-state index in [-0.39, 0.29) is 12.4 Å². The van der Waals surface area contributed by atoms with Gasteiger partial charge in [0.05, 0.1) is 4.90 Å². The van der Waals surface area contributed by atoms with Gasteiger partial charge < -0.3 is 5.32 Å². The highest BCUT2D eigenvalue weighted by Gasteiger charge is 2.29. The maximum Gasteiger partial charge on any atom is 0.243 e. The molecule has 0 saturated carbocycles. The van der Waals surface area contributed by atoms with Crippen LogP contribution in [0.3, 0.4) is 0 Å². The quantitative estimate of drug-likeness (QED) is 0.872. The standard InChI is InChI=1S/C13H19BrN2O2S.ClH/c1-10-7-11(14)9-13(8-10)19(17,18)16-5-3-12(15-2)4-6-16;/h7-9,12,15H,3-6H2,1-2H3;1H. The van der Waals surface area contributed by atoms with Crippen LogP contribution < -0.4 is 5.32 Å². The van der Waals surface area contributed by atoms with Crippen molar-refractivity contribution >= 4 is 38.4 Å². The highest BCUT2D eigenvalue weighted by atomic mass is 79.9. The summed E-state index contributed by atoms with van der Waals surface area (Å²) < 4.78 is 27.5. The molecular weight excluding hydrogens is 364 g/mol. The number of halogens is 2. The Labute approximate surface area is 135 Å². The Morgan fingerprint density at radius 1 is 1.25 bits per heavy atom. The Morgan fingerprint density at radius 2 is 1.85 bits per heavy atom. The van der Waals surface area contributed by atoms with E-state index in [1.165, 1.54) is 0 Å². The minimum atomic E-state index is -3.36. The lowest BCUT2D eigenvalue weighted by Crippen LogP contribution is -2.43. The lowest BCUT2D eigenvalue weighted by molar-refractivity contribution is 0.298. The van der Waals surface area contributed by atoms with Crippen molar-refractivity contribution in [3.05, 3.63) is 28.2 Å². The monoisotopic (exact) mass is 382 g/mol. The van der Waals surface area contributed by atoms with Crippen LogP contribution in [-0.2, 0) is 10.0 Å². The smallest absolute Gasteiger partial charge is 0.243 e. The molecule has 1 N–H and O–H groups in total. The highest BCUT2D eigenvalue weighted by Crippen LogP contribution is 2.24. The lowest BCUT2D eigenvalue weighted by Gasteiger charge is -2.31. The minimum Gasteiger partial charge on any atom is -0.317 e. The molecule has 2 rings (SSSR count). The molecule has 1 fully saturated rings. The third-order valence-corrected chi connectivity index (χ3v) is 5.85. The molecular formula is C13H20BrClN2O2S. The molecule has 0 radical (unpaired) electrons. The molecule has 0 amide bonds. The Balaban J connectivity index is 0.00000200. The average Bonchev–Trinajstić information content (AvgIpc) is 2.37. The average molecular weight is 384 g/mol. The first-order chi connectivity index (χ1) is 8.93. The van der Waals surface area contributed by atoms with Crippen molar-refractivity contribution < 1.29 is 8.42 Å². The van der Waals surface area contributed by atoms with E-state index >= 15 is 0 Å². The van der Waals surface area contributed by atoms with E-state index in [1.54, 1.807) is 16.4 Å². The normalized spacial score (nSPS) is 17.8. The SMILES string of the molecule is CNC1CCN(S(=O)(=O)c2cc(C)cc(Br)c2)CC1.Cl. The van der Waals surface area contributed by atoms with Crippen LogP contribution in [0.5, 0.6) is 0 Å². The molecule has 0 spiro atoms. The van der Waals surface area contributed by atoms with Crippen LogP contribution >= 0.6 is 28.3 Å². The summed E-state index contributed by atoms with van der Waals surface area (Å²) in [5.74, 6) is 0. The van der Waals surface area contributed by atoms with Crippen molar-refractivity contribution in [2.45, 2.75) is 30.7 Å². The molecule has 7 heteroatoms. The van der Waals surface area contributed by atoms with E-state index in [1.807, 2.05) is 20.0 Å². The van der Waals surface area contributed by atoms with Gasteiger partial charge in [0.15, 0.2) is 0 Å². The van der Waals surface area contributed by atoms with Crippen LogP contribution in [-0.4, -0.2) is 38.9 Å². The first-order valence-electron chi connectivity index (χ1n) is 6.38. The molecule has 0 bridgehead atoms. The summed E-state index contributed by atoms with van der Waals surface area (Å²) in [5.41, 5.74) is 0.943. The van der Waals surface area contributed by atoms with E-state index in [9.17, 15) is 8.42 Å². The van der Waals surface area contributed by atoms with Crippen molar-refractivity contribution in [2.75, 3.05) is 20.1 Å². The molecule has 1 aliphatic rings. The van der Waals surface area contributed by atoms with Crippen LogP contribution in [0.2, 0.25) is 0 Å². The van der Waals surface area contributed by atoms with Gasteiger partial charge in [-0.2, -0.15) is 4.31 Å². The molecule has 1 heterocycles. The molecule has 0 aromatic heterocycles. The summed E-state index contributed by atoms with van der Waals surface area (Å²) >= 11 is 3.36. The zero-order chi connectivity index (χ0) is 14.0. The second-order valence-electron chi connectivity index (χ2n) is 4.93. The predicted molar refractivity (Wildman–Crippen MR) is 87.0 cm³/mol. The summed E-state index contributed by atoms with van der Waals surface area (Å²) in [6.45, 7) is 3.07. The van der Waals surface area contributed by atoms with Gasteiger partial charge in [-0.25, -0.2) is 8.42 Å². The Morgan fingerprint density at radius 3 is 2.35 bits per heavy atom. The fourth-order valence-corrected chi connectivity index (χ4v) is 4.75. The zero-order valence-electron chi connectivity index (χ0n) is 11.6. The van der Waals surface area contributed by atoms with Gasteiger partial charge in [-0.15, -0.1) is 12.4 Å². The number of nitrogens with one attached hydrogen (secondary N) is 1. The molecule has 0 atom stereocenters. The maximum absolute atomic E-state index is 12.6. The van der Waals surface area contributed by atoms with Crippen LogP contribution in [0.25, 0.3) is 0 Å². The molecule has 1 saturated heterocycles. The molecule has 20 heavy (non-hydrogen) atoms. The van der Waals surface area contributed by atoms with E-state index in [0.717, 1.165) is 22.9 Å². The summed E-state index contributed by atoms with van der Waals surface area (Å²) in [5, 5.41) is 3.20. The first kappa shape index (κ1) is 17.9. The van der Waals surface area contributed by atoms with Crippen molar-refractivity contribution in [1.82, 2.24) is 9.62 Å². The van der Waals surface area contributed by atoms with E-state index in [4.69, 9.17) is 0 Å². The lowest BCUT2D eigenvalue weighted by atomic mass is 10.1. The van der Waals surface area contributed by atoms with Gasteiger partial charge in [-0.3, -0.25) is 0 Å². The van der Waals surface area contributed by atoms with Crippen molar-refractivity contribution in [3.63, 3.8) is 0 Å². The molecule has 1 aromatic rings. The number of aryl methyl sites for hydroxylation is 1. The molecule has 4 nitrogen and oxygen atoms in total. The number of piperidine rings is 1. The van der Waals surface area contributed by atoms with E-state index in [0.29, 0.717) is 24.0 Å². The maximum atomic E-state index is 12.6. The summed E-state index contributed by atoms with van der Waals surface area (Å²) in [7, 11) is -1.44. The van der Waals surface area contributed by atoms with Crippen molar-refractivity contribution in [3.8, 4) is 0 Å². The zero-order valence-corrected chi connectivity index (χ0v) is 14.8. The molecule has 1 aliphatic heterocycles. The third kappa shape index (κ3) is 3.95. The van der Waals surface area contributed by atoms with Crippen LogP contribution in [0, 0.1) is 6.92 Å². The second kappa shape index (κ2) is 7.22. The number of hydrogen-bond acceptors (Lipinski definition) is 3. The van der Waals surface area contributed by atoms with Gasteiger partial charge >= 0.3 is 0 Å². The largest absolute Gasteiger partial charge is 0.317 e. The van der Waals surface area contributed by atoms with Gasteiger partial charge in [0, 0.05) is 23.6 Å². The topological polar surface area (TPSA) is 49.4 Å². The number of hydrogen-bond donors (Lipinski definition) is 1. The van der Waals surface area contributed by atoms with Crippen LogP contribution in [0.1, 0.15) is 18.4 Å². The number of sulfonamides is 1. The second-order valence-corrected chi connectivity index (χ2v) is 7.78. The molecule has 1 aromatic carbocycles. The van der Waals surface area contributed by atoms with Gasteiger partial charge in [0.25, 0.3) is 0 Å². The van der Waals surface area contributed by atoms with E-state index in [2.05, 4.69) is 21.2 Å². The fourth-order valence-electron chi connectivity index (χ4n) is 2.39. The minimum absolute atomic E-state index is 0. The Kier molecular flexibility index (Phi) is 6.47. The van der Waals surface area contributed by atoms with Crippen LogP contribution in [0.15, 0.2) is 27.6 Å². The molecule has 114 valence electrons. The van der Waals surface area contributed by atoms with Gasteiger partial charge in [-0.05, 0) is 50.6 Å². The van der Waals surface area contributed by atoms with Crippen molar-refractivity contribution in [2.24, 2.45) is 0 Å². The van der Waals surface area contributed by atoms with E-state index < -0.39 is 10.0 Å².